The van der Waals surface area contributed by atoms with Crippen LogP contribution >= 0.6 is 0 Å². The molecule has 1 aromatic carbocycles. The molecule has 1 saturated heterocycles. The lowest BCUT2D eigenvalue weighted by Gasteiger charge is -2.26. The van der Waals surface area contributed by atoms with E-state index in [1.165, 1.54) is 0 Å². The fraction of sp³-hybridized carbons (Fsp3) is 0.588. The van der Waals surface area contributed by atoms with Crippen LogP contribution in [0.1, 0.15) is 30.6 Å². The summed E-state index contributed by atoms with van der Waals surface area (Å²) in [4.78, 5) is 17.1. The Balaban J connectivity index is 2.10. The number of Topliss-reactive ketones (excluding diaryl/α,β-unsaturated/α-hetero) is 1. The Labute approximate surface area is 127 Å². The van der Waals surface area contributed by atoms with Crippen LogP contribution in [0.15, 0.2) is 24.3 Å². The molecule has 0 N–H and O–H groups in total. The molecule has 0 amide bonds. The second kappa shape index (κ2) is 7.05. The normalized spacial score (nSPS) is 21.3. The predicted molar refractivity (Wildman–Crippen MR) is 85.1 cm³/mol. The quantitative estimate of drug-likeness (QED) is 0.797. The summed E-state index contributed by atoms with van der Waals surface area (Å²) in [6.07, 6.45) is 1.26. The number of rotatable bonds is 4. The molecule has 1 fully saturated rings. The highest BCUT2D eigenvalue weighted by atomic mass is 16.5. The van der Waals surface area contributed by atoms with Gasteiger partial charge in [0.2, 0.25) is 0 Å². The molecule has 21 heavy (non-hydrogen) atoms. The smallest absolute Gasteiger partial charge is 0.181 e. The number of likely N-dealkylation sites (N-methyl/N-ethyl adjacent to an activating group) is 2. The van der Waals surface area contributed by atoms with Crippen molar-refractivity contribution in [1.29, 1.82) is 0 Å². The van der Waals surface area contributed by atoms with Crippen molar-refractivity contribution in [1.82, 2.24) is 9.80 Å². The summed E-state index contributed by atoms with van der Waals surface area (Å²) >= 11 is 0. The summed E-state index contributed by atoms with van der Waals surface area (Å²) in [7, 11) is 4.12. The van der Waals surface area contributed by atoms with E-state index in [-0.39, 0.29) is 17.9 Å². The minimum Gasteiger partial charge on any atom is -0.491 e. The lowest BCUT2D eigenvalue weighted by molar-refractivity contribution is 0.0839. The van der Waals surface area contributed by atoms with Gasteiger partial charge in [-0.05, 0) is 71.7 Å². The number of carbonyl (C=O) groups is 1. The Morgan fingerprint density at radius 1 is 1.19 bits per heavy atom. The third kappa shape index (κ3) is 4.29. The number of benzene rings is 1. The van der Waals surface area contributed by atoms with Crippen LogP contribution in [-0.2, 0) is 0 Å². The molecular weight excluding hydrogens is 264 g/mol. The number of ether oxygens (including phenoxy) is 1. The standard InChI is InChI=1S/C17H26N2O2/c1-13(2)21-15-8-6-14(7-9-15)17(20)16-12-18(3)10-5-11-19(16)4/h6-9,13,16H,5,10-12H2,1-4H3. The lowest BCUT2D eigenvalue weighted by atomic mass is 10.0. The molecule has 1 aromatic rings. The molecule has 1 aliphatic heterocycles. The van der Waals surface area contributed by atoms with E-state index in [9.17, 15) is 4.79 Å². The van der Waals surface area contributed by atoms with Crippen LogP contribution in [0.4, 0.5) is 0 Å². The number of ketones is 1. The van der Waals surface area contributed by atoms with Crippen molar-refractivity contribution in [3.05, 3.63) is 29.8 Å². The van der Waals surface area contributed by atoms with Gasteiger partial charge in [0.1, 0.15) is 5.75 Å². The zero-order valence-corrected chi connectivity index (χ0v) is 13.5. The van der Waals surface area contributed by atoms with Crippen molar-refractivity contribution in [3.8, 4) is 5.75 Å². The first-order valence-electron chi connectivity index (χ1n) is 7.67. The van der Waals surface area contributed by atoms with E-state index in [4.69, 9.17) is 4.74 Å². The molecule has 0 saturated carbocycles. The van der Waals surface area contributed by atoms with Crippen LogP contribution in [0.3, 0.4) is 0 Å². The molecule has 0 aromatic heterocycles. The van der Waals surface area contributed by atoms with Crippen molar-refractivity contribution in [2.24, 2.45) is 0 Å². The van der Waals surface area contributed by atoms with Crippen LogP contribution in [0.2, 0.25) is 0 Å². The molecule has 4 nitrogen and oxygen atoms in total. The van der Waals surface area contributed by atoms with E-state index in [1.807, 2.05) is 45.2 Å². The van der Waals surface area contributed by atoms with Gasteiger partial charge in [0.15, 0.2) is 5.78 Å². The van der Waals surface area contributed by atoms with Gasteiger partial charge < -0.3 is 9.64 Å². The molecule has 0 radical (unpaired) electrons. The maximum Gasteiger partial charge on any atom is 0.181 e. The summed E-state index contributed by atoms with van der Waals surface area (Å²) in [6, 6.07) is 7.45. The fourth-order valence-corrected chi connectivity index (χ4v) is 2.72. The van der Waals surface area contributed by atoms with Gasteiger partial charge in [-0.1, -0.05) is 0 Å². The van der Waals surface area contributed by atoms with Crippen LogP contribution in [-0.4, -0.2) is 61.5 Å². The first-order valence-corrected chi connectivity index (χ1v) is 7.67. The second-order valence-corrected chi connectivity index (χ2v) is 6.17. The van der Waals surface area contributed by atoms with Gasteiger partial charge in [0.05, 0.1) is 12.1 Å². The lowest BCUT2D eigenvalue weighted by Crippen LogP contribution is -2.43. The highest BCUT2D eigenvalue weighted by molar-refractivity contribution is 6.00. The first kappa shape index (κ1) is 16.0. The minimum absolute atomic E-state index is 0.0608. The van der Waals surface area contributed by atoms with Crippen LogP contribution in [0.5, 0.6) is 5.75 Å². The third-order valence-electron chi connectivity index (χ3n) is 3.88. The van der Waals surface area contributed by atoms with E-state index in [2.05, 4.69) is 16.8 Å². The van der Waals surface area contributed by atoms with Gasteiger partial charge in [-0.25, -0.2) is 0 Å². The highest BCUT2D eigenvalue weighted by Gasteiger charge is 2.27. The number of nitrogens with zero attached hydrogens (tertiary/aromatic N) is 2. The summed E-state index contributed by atoms with van der Waals surface area (Å²) in [5.74, 6) is 1.01. The molecular formula is C17H26N2O2. The second-order valence-electron chi connectivity index (χ2n) is 6.17. The van der Waals surface area contributed by atoms with Gasteiger partial charge in [-0.15, -0.1) is 0 Å². The molecule has 0 spiro atoms. The van der Waals surface area contributed by atoms with Gasteiger partial charge >= 0.3 is 0 Å². The summed E-state index contributed by atoms with van der Waals surface area (Å²) in [5.41, 5.74) is 0.762. The van der Waals surface area contributed by atoms with Crippen molar-refractivity contribution in [2.75, 3.05) is 33.7 Å². The first-order chi connectivity index (χ1) is 9.97. The zero-order chi connectivity index (χ0) is 15.4. The molecule has 4 heteroatoms. The Hall–Kier alpha value is -1.39. The summed E-state index contributed by atoms with van der Waals surface area (Å²) < 4.78 is 5.62. The largest absolute Gasteiger partial charge is 0.491 e. The Bertz CT molecular complexity index is 470. The number of hydrogen-bond acceptors (Lipinski definition) is 4. The summed E-state index contributed by atoms with van der Waals surface area (Å²) in [6.45, 7) is 6.80. The van der Waals surface area contributed by atoms with Crippen molar-refractivity contribution >= 4 is 5.78 Å². The van der Waals surface area contributed by atoms with Gasteiger partial charge in [-0.3, -0.25) is 9.69 Å². The molecule has 0 aliphatic carbocycles. The van der Waals surface area contributed by atoms with E-state index >= 15 is 0 Å². The minimum atomic E-state index is -0.0608. The Kier molecular flexibility index (Phi) is 5.37. The number of hydrogen-bond donors (Lipinski definition) is 0. The molecule has 1 aliphatic rings. The van der Waals surface area contributed by atoms with Gasteiger partial charge in [0, 0.05) is 12.1 Å². The van der Waals surface area contributed by atoms with E-state index in [1.54, 1.807) is 0 Å². The van der Waals surface area contributed by atoms with E-state index in [0.29, 0.717) is 0 Å². The summed E-state index contributed by atoms with van der Waals surface area (Å²) in [5, 5.41) is 0. The average Bonchev–Trinajstić information content (AvgIpc) is 2.60. The monoisotopic (exact) mass is 290 g/mol. The van der Waals surface area contributed by atoms with Crippen LogP contribution < -0.4 is 4.74 Å². The van der Waals surface area contributed by atoms with Gasteiger partial charge in [-0.2, -0.15) is 0 Å². The maximum atomic E-state index is 12.7. The van der Waals surface area contributed by atoms with Crippen molar-refractivity contribution < 1.29 is 9.53 Å². The number of carbonyl (C=O) groups excluding carboxylic acids is 1. The molecule has 2 rings (SSSR count). The topological polar surface area (TPSA) is 32.8 Å². The maximum absolute atomic E-state index is 12.7. The van der Waals surface area contributed by atoms with Gasteiger partial charge in [0.25, 0.3) is 0 Å². The molecule has 1 atom stereocenters. The van der Waals surface area contributed by atoms with E-state index in [0.717, 1.165) is 37.4 Å². The molecule has 116 valence electrons. The fourth-order valence-electron chi connectivity index (χ4n) is 2.72. The predicted octanol–water partition coefficient (Wildman–Crippen LogP) is 2.29. The molecule has 0 bridgehead atoms. The Morgan fingerprint density at radius 3 is 2.48 bits per heavy atom. The van der Waals surface area contributed by atoms with Crippen LogP contribution in [0, 0.1) is 0 Å². The van der Waals surface area contributed by atoms with Crippen molar-refractivity contribution in [2.45, 2.75) is 32.4 Å². The van der Waals surface area contributed by atoms with E-state index < -0.39 is 0 Å². The SMILES string of the molecule is CC(C)Oc1ccc(C(=O)C2CN(C)CCCN2C)cc1. The van der Waals surface area contributed by atoms with Crippen molar-refractivity contribution in [3.63, 3.8) is 0 Å². The molecule has 1 unspecified atom stereocenters. The molecule has 1 heterocycles. The Morgan fingerprint density at radius 2 is 1.86 bits per heavy atom. The van der Waals surface area contributed by atoms with Crippen LogP contribution in [0.25, 0.3) is 0 Å². The highest BCUT2D eigenvalue weighted by Crippen LogP contribution is 2.17. The zero-order valence-electron chi connectivity index (χ0n) is 13.5. The average molecular weight is 290 g/mol. The third-order valence-corrected chi connectivity index (χ3v) is 3.88.